The fourth-order valence-electron chi connectivity index (χ4n) is 2.84. The number of ether oxygens (including phenoxy) is 2. The Balaban J connectivity index is 2.62. The molecule has 0 radical (unpaired) electrons. The molecule has 2 aromatic rings. The Hall–Kier alpha value is -2.00. The maximum absolute atomic E-state index is 5.60. The molecule has 1 unspecified atom stereocenters. The number of aryl methyl sites for hydroxylation is 2. The molecule has 0 aliphatic carbocycles. The van der Waals surface area contributed by atoms with Crippen molar-refractivity contribution < 1.29 is 9.47 Å². The van der Waals surface area contributed by atoms with Gasteiger partial charge in [0, 0.05) is 11.1 Å². The van der Waals surface area contributed by atoms with Crippen molar-refractivity contribution in [2.45, 2.75) is 19.9 Å². The Morgan fingerprint density at radius 3 is 2.24 bits per heavy atom. The summed E-state index contributed by atoms with van der Waals surface area (Å²) < 4.78 is 11.1. The lowest BCUT2D eigenvalue weighted by Gasteiger charge is -2.24. The number of methoxy groups -OCH3 is 2. The molecule has 21 heavy (non-hydrogen) atoms. The van der Waals surface area contributed by atoms with Gasteiger partial charge in [-0.15, -0.1) is 0 Å². The fraction of sp³-hybridized carbons (Fsp3) is 0.333. The third kappa shape index (κ3) is 3.03. The van der Waals surface area contributed by atoms with Crippen LogP contribution in [0.15, 0.2) is 36.4 Å². The van der Waals surface area contributed by atoms with E-state index in [1.165, 1.54) is 11.1 Å². The van der Waals surface area contributed by atoms with Crippen LogP contribution in [0.3, 0.4) is 0 Å². The molecule has 0 saturated carbocycles. The van der Waals surface area contributed by atoms with Gasteiger partial charge in [-0.05, 0) is 44.2 Å². The van der Waals surface area contributed by atoms with Gasteiger partial charge in [0.15, 0.2) is 0 Å². The first-order valence-electron chi connectivity index (χ1n) is 7.07. The van der Waals surface area contributed by atoms with E-state index in [9.17, 15) is 0 Å². The summed E-state index contributed by atoms with van der Waals surface area (Å²) in [4.78, 5) is 0. The van der Waals surface area contributed by atoms with Gasteiger partial charge in [0.25, 0.3) is 0 Å². The molecule has 112 valence electrons. The molecule has 1 atom stereocenters. The van der Waals surface area contributed by atoms with E-state index >= 15 is 0 Å². The van der Waals surface area contributed by atoms with Crippen molar-refractivity contribution >= 4 is 0 Å². The zero-order valence-electron chi connectivity index (χ0n) is 13.4. The van der Waals surface area contributed by atoms with Gasteiger partial charge in [0.2, 0.25) is 0 Å². The highest BCUT2D eigenvalue weighted by Crippen LogP contribution is 2.37. The van der Waals surface area contributed by atoms with Gasteiger partial charge in [-0.1, -0.05) is 24.3 Å². The second-order valence-corrected chi connectivity index (χ2v) is 5.16. The van der Waals surface area contributed by atoms with Gasteiger partial charge in [-0.3, -0.25) is 0 Å². The van der Waals surface area contributed by atoms with Gasteiger partial charge < -0.3 is 14.8 Å². The average molecular weight is 285 g/mol. The van der Waals surface area contributed by atoms with E-state index in [0.717, 1.165) is 22.6 Å². The summed E-state index contributed by atoms with van der Waals surface area (Å²) in [7, 11) is 5.37. The van der Waals surface area contributed by atoms with Gasteiger partial charge in [-0.25, -0.2) is 0 Å². The molecule has 2 rings (SSSR count). The molecule has 2 aromatic carbocycles. The number of nitrogens with one attached hydrogen (secondary N) is 1. The topological polar surface area (TPSA) is 30.5 Å². The fourth-order valence-corrected chi connectivity index (χ4v) is 2.84. The minimum Gasteiger partial charge on any atom is -0.496 e. The Bertz CT molecular complexity index is 623. The van der Waals surface area contributed by atoms with Crippen molar-refractivity contribution in [3.8, 4) is 11.5 Å². The minimum absolute atomic E-state index is 0.0247. The SMILES string of the molecule is CNC(c1ccccc1OC)c1c(C)cc(C)cc1OC. The molecule has 0 bridgehead atoms. The number of para-hydroxylation sites is 1. The van der Waals surface area contributed by atoms with Crippen LogP contribution in [-0.4, -0.2) is 21.3 Å². The molecule has 0 amide bonds. The predicted molar refractivity (Wildman–Crippen MR) is 86.4 cm³/mol. The van der Waals surface area contributed by atoms with Crippen LogP contribution >= 0.6 is 0 Å². The van der Waals surface area contributed by atoms with Crippen LogP contribution in [0.2, 0.25) is 0 Å². The molecular weight excluding hydrogens is 262 g/mol. The van der Waals surface area contributed by atoms with E-state index in [0.29, 0.717) is 0 Å². The summed E-state index contributed by atoms with van der Waals surface area (Å²) >= 11 is 0. The lowest BCUT2D eigenvalue weighted by atomic mass is 9.92. The molecule has 0 saturated heterocycles. The smallest absolute Gasteiger partial charge is 0.124 e. The molecule has 1 N–H and O–H groups in total. The molecule has 0 aromatic heterocycles. The highest BCUT2D eigenvalue weighted by molar-refractivity contribution is 5.51. The monoisotopic (exact) mass is 285 g/mol. The summed E-state index contributed by atoms with van der Waals surface area (Å²) in [5.41, 5.74) is 4.66. The third-order valence-corrected chi connectivity index (χ3v) is 3.74. The Morgan fingerprint density at radius 2 is 1.62 bits per heavy atom. The van der Waals surface area contributed by atoms with E-state index in [2.05, 4.69) is 37.4 Å². The highest BCUT2D eigenvalue weighted by Gasteiger charge is 2.22. The minimum atomic E-state index is 0.0247. The predicted octanol–water partition coefficient (Wildman–Crippen LogP) is 3.63. The lowest BCUT2D eigenvalue weighted by molar-refractivity contribution is 0.395. The highest BCUT2D eigenvalue weighted by atomic mass is 16.5. The van der Waals surface area contributed by atoms with Crippen molar-refractivity contribution in [2.24, 2.45) is 0 Å². The first-order chi connectivity index (χ1) is 10.1. The summed E-state index contributed by atoms with van der Waals surface area (Å²) in [6.07, 6.45) is 0. The van der Waals surface area contributed by atoms with Crippen molar-refractivity contribution in [2.75, 3.05) is 21.3 Å². The Morgan fingerprint density at radius 1 is 0.952 bits per heavy atom. The number of rotatable bonds is 5. The van der Waals surface area contributed by atoms with Gasteiger partial charge in [0.05, 0.1) is 20.3 Å². The third-order valence-electron chi connectivity index (χ3n) is 3.74. The van der Waals surface area contributed by atoms with Crippen molar-refractivity contribution in [3.63, 3.8) is 0 Å². The summed E-state index contributed by atoms with van der Waals surface area (Å²) in [5, 5.41) is 3.38. The number of hydrogen-bond donors (Lipinski definition) is 1. The quantitative estimate of drug-likeness (QED) is 0.910. The van der Waals surface area contributed by atoms with E-state index in [1.807, 2.05) is 25.2 Å². The van der Waals surface area contributed by atoms with Gasteiger partial charge >= 0.3 is 0 Å². The molecule has 0 fully saturated rings. The average Bonchev–Trinajstić information content (AvgIpc) is 2.49. The molecule has 3 heteroatoms. The normalized spacial score (nSPS) is 12.0. The molecule has 3 nitrogen and oxygen atoms in total. The van der Waals surface area contributed by atoms with Crippen LogP contribution in [0, 0.1) is 13.8 Å². The van der Waals surface area contributed by atoms with Gasteiger partial charge in [-0.2, -0.15) is 0 Å². The van der Waals surface area contributed by atoms with E-state index in [4.69, 9.17) is 9.47 Å². The Kier molecular flexibility index (Phi) is 4.86. The van der Waals surface area contributed by atoms with Crippen LogP contribution in [0.25, 0.3) is 0 Å². The van der Waals surface area contributed by atoms with Crippen LogP contribution < -0.4 is 14.8 Å². The second kappa shape index (κ2) is 6.64. The largest absolute Gasteiger partial charge is 0.496 e. The van der Waals surface area contributed by atoms with Crippen LogP contribution in [-0.2, 0) is 0 Å². The van der Waals surface area contributed by atoms with E-state index in [-0.39, 0.29) is 6.04 Å². The van der Waals surface area contributed by atoms with Crippen molar-refractivity contribution in [1.29, 1.82) is 0 Å². The van der Waals surface area contributed by atoms with Crippen molar-refractivity contribution in [3.05, 3.63) is 58.7 Å². The molecule has 0 heterocycles. The van der Waals surface area contributed by atoms with Crippen LogP contribution in [0.5, 0.6) is 11.5 Å². The first kappa shape index (κ1) is 15.4. The zero-order chi connectivity index (χ0) is 15.4. The number of benzene rings is 2. The summed E-state index contributed by atoms with van der Waals surface area (Å²) in [6, 6.07) is 12.3. The Labute approximate surface area is 126 Å². The standard InChI is InChI=1S/C18H23NO2/c1-12-10-13(2)17(16(11-12)21-5)18(19-3)14-8-6-7-9-15(14)20-4/h6-11,18-19H,1-5H3. The first-order valence-corrected chi connectivity index (χ1v) is 7.07. The molecular formula is C18H23NO2. The van der Waals surface area contributed by atoms with E-state index < -0.39 is 0 Å². The van der Waals surface area contributed by atoms with Crippen LogP contribution in [0.1, 0.15) is 28.3 Å². The molecule has 0 aliphatic heterocycles. The van der Waals surface area contributed by atoms with Crippen LogP contribution in [0.4, 0.5) is 0 Å². The maximum atomic E-state index is 5.60. The van der Waals surface area contributed by atoms with Crippen molar-refractivity contribution in [1.82, 2.24) is 5.32 Å². The second-order valence-electron chi connectivity index (χ2n) is 5.16. The number of hydrogen-bond acceptors (Lipinski definition) is 3. The molecule has 0 aliphatic rings. The van der Waals surface area contributed by atoms with E-state index in [1.54, 1.807) is 14.2 Å². The van der Waals surface area contributed by atoms with Gasteiger partial charge in [0.1, 0.15) is 11.5 Å². The molecule has 0 spiro atoms. The lowest BCUT2D eigenvalue weighted by Crippen LogP contribution is -2.20. The summed E-state index contributed by atoms with van der Waals surface area (Å²) in [6.45, 7) is 4.20. The zero-order valence-corrected chi connectivity index (χ0v) is 13.4. The summed E-state index contributed by atoms with van der Waals surface area (Å²) in [5.74, 6) is 1.77. The maximum Gasteiger partial charge on any atom is 0.124 e.